The van der Waals surface area contributed by atoms with Gasteiger partial charge in [-0.2, -0.15) is 5.26 Å². The molecule has 0 saturated carbocycles. The second-order valence-corrected chi connectivity index (χ2v) is 33.4. The van der Waals surface area contributed by atoms with E-state index in [4.69, 9.17) is 90.6 Å². The van der Waals surface area contributed by atoms with Gasteiger partial charge in [0.1, 0.15) is 129 Å². The smallest absolute Gasteiger partial charge is 0.321 e. The topological polar surface area (TPSA) is 735 Å². The summed E-state index contributed by atoms with van der Waals surface area (Å²) in [5.41, 5.74) is 5.88. The number of hydrogen-bond donors (Lipinski definition) is 21. The number of carbonyl (C=O) groups excluding carboxylic acids is 10. The van der Waals surface area contributed by atoms with Gasteiger partial charge in [-0.1, -0.05) is 0 Å². The average molecular weight is 1990 g/mol. The van der Waals surface area contributed by atoms with Crippen LogP contribution in [0, 0.1) is 11.3 Å². The Morgan fingerprint density at radius 3 is 1.05 bits per heavy atom. The summed E-state index contributed by atoms with van der Waals surface area (Å²) >= 11 is 0. The predicted molar refractivity (Wildman–Crippen MR) is 470 cm³/mol. The van der Waals surface area contributed by atoms with E-state index >= 15 is 4.79 Å². The quantitative estimate of drug-likeness (QED) is 0.0213. The predicted octanol–water partition coefficient (Wildman–Crippen LogP) is -10.9. The van der Waals surface area contributed by atoms with Crippen LogP contribution >= 0.6 is 8.53 Å². The van der Waals surface area contributed by atoms with E-state index in [1.165, 1.54) is 45.0 Å². The summed E-state index contributed by atoms with van der Waals surface area (Å²) in [5, 5.41) is 152. The molecule has 22 atom stereocenters. The van der Waals surface area contributed by atoms with E-state index < -0.39 is 262 Å². The number of carbonyl (C=O) groups is 10. The second kappa shape index (κ2) is 67.0. The number of aliphatic hydroxyl groups is 12. The minimum Gasteiger partial charge on any atom is -0.436 e. The molecule has 53 nitrogen and oxygen atoms in total. The lowest BCUT2D eigenvalue weighted by Gasteiger charge is -2.42. The number of ether oxygens (including phenoxy) is 16. The summed E-state index contributed by atoms with van der Waals surface area (Å²) in [7, 11) is -1.83. The third-order valence-electron chi connectivity index (χ3n) is 20.7. The van der Waals surface area contributed by atoms with Gasteiger partial charge in [0.15, 0.2) is 25.2 Å². The third kappa shape index (κ3) is 43.8. The second-order valence-electron chi connectivity index (χ2n) is 32.0. The molecular formula is C83H142N13O40P. The van der Waals surface area contributed by atoms with Crippen molar-refractivity contribution < 1.29 is 194 Å². The van der Waals surface area contributed by atoms with E-state index in [1.807, 2.05) is 38.4 Å². The number of nitrogens with two attached hydrogens (primary N) is 1. The van der Waals surface area contributed by atoms with Gasteiger partial charge in [0.25, 0.3) is 5.91 Å². The molecule has 0 bridgehead atoms. The maximum atomic E-state index is 15.4. The largest absolute Gasteiger partial charge is 0.436 e. The fraction of sp³-hybridized carbons (Fsp3) is 0.795. The highest BCUT2D eigenvalue weighted by Gasteiger charge is 2.49. The van der Waals surface area contributed by atoms with Crippen LogP contribution in [0.2, 0.25) is 0 Å². The zero-order chi connectivity index (χ0) is 101. The summed E-state index contributed by atoms with van der Waals surface area (Å²) in [6.07, 6.45) is -23.1. The highest BCUT2D eigenvalue weighted by atomic mass is 31.2. The summed E-state index contributed by atoms with van der Waals surface area (Å²) in [6.45, 7) is 3.55. The molecule has 22 unspecified atom stereocenters. The van der Waals surface area contributed by atoms with Gasteiger partial charge in [0, 0.05) is 71.0 Å². The van der Waals surface area contributed by atoms with Gasteiger partial charge in [-0.3, -0.25) is 47.9 Å². The number of nitrogens with zero attached hydrogens (tertiary/aromatic N) is 4. The van der Waals surface area contributed by atoms with E-state index in [0.717, 1.165) is 9.80 Å². The SMILES string of the molecule is CC(=O)NC1C(OCCOCCOCCNC(=O)CN(CC(=O)NCCOCCOCCOC2OC(CO)C(O)C(O)C2NC(C)=O)C(=O)CCC(NC(=O)c2ccc(OP(OCCC#N)N(C(C)C)C(C)C)cc2)C(=O)N(CC(=O)NCCOCCOCCOC2OC(CO)C(O)C(O)C2N)CC(=O)NCCOCCOCCOC2OC(CO)C(O)C(O)C2NC(C)=O)OC(CO)C(O)C1O. The van der Waals surface area contributed by atoms with E-state index in [2.05, 4.69) is 42.5 Å². The van der Waals surface area contributed by atoms with Crippen molar-refractivity contribution >= 4 is 67.6 Å². The molecule has 0 radical (unpaired) electrons. The summed E-state index contributed by atoms with van der Waals surface area (Å²) in [5.74, 6) is -7.67. The Labute approximate surface area is 794 Å². The maximum Gasteiger partial charge on any atom is 0.321 e. The molecule has 54 heteroatoms. The van der Waals surface area contributed by atoms with Crippen LogP contribution in [0.25, 0.3) is 0 Å². The van der Waals surface area contributed by atoms with Crippen LogP contribution in [0.4, 0.5) is 0 Å². The third-order valence-corrected chi connectivity index (χ3v) is 22.8. The minimum atomic E-state index is -1.83. The van der Waals surface area contributed by atoms with Crippen LogP contribution in [0.5, 0.6) is 5.75 Å². The molecule has 22 N–H and O–H groups in total. The number of hydrogen-bond acceptors (Lipinski definition) is 43. The van der Waals surface area contributed by atoms with E-state index in [-0.39, 0.29) is 195 Å². The summed E-state index contributed by atoms with van der Waals surface area (Å²) < 4.78 is 104. The molecule has 4 heterocycles. The lowest BCUT2D eigenvalue weighted by atomic mass is 9.97. The molecule has 0 aromatic heterocycles. The number of amides is 10. The van der Waals surface area contributed by atoms with E-state index in [0.29, 0.717) is 0 Å². The molecule has 4 saturated heterocycles. The van der Waals surface area contributed by atoms with Gasteiger partial charge in [-0.15, -0.1) is 0 Å². The highest BCUT2D eigenvalue weighted by Crippen LogP contribution is 2.46. The van der Waals surface area contributed by atoms with Crippen molar-refractivity contribution in [2.45, 2.75) is 208 Å². The van der Waals surface area contributed by atoms with E-state index in [1.54, 1.807) is 0 Å². The number of rotatable bonds is 69. The maximum absolute atomic E-state index is 15.4. The lowest BCUT2D eigenvalue weighted by Crippen LogP contribution is -2.64. The molecule has 784 valence electrons. The van der Waals surface area contributed by atoms with Crippen molar-refractivity contribution in [3.63, 3.8) is 0 Å². The molecule has 4 aliphatic heterocycles. The zero-order valence-electron chi connectivity index (χ0n) is 78.2. The van der Waals surface area contributed by atoms with Crippen molar-refractivity contribution in [3.05, 3.63) is 29.8 Å². The lowest BCUT2D eigenvalue weighted by molar-refractivity contribution is -0.272. The highest BCUT2D eigenvalue weighted by molar-refractivity contribution is 7.45. The van der Waals surface area contributed by atoms with Crippen LogP contribution in [-0.2, 0) is 123 Å². The molecule has 0 spiro atoms. The Morgan fingerprint density at radius 2 is 0.730 bits per heavy atom. The van der Waals surface area contributed by atoms with Crippen LogP contribution < -0.4 is 52.8 Å². The Kier molecular flexibility index (Phi) is 58.6. The normalized spacial score (nSPS) is 25.4. The fourth-order valence-corrected chi connectivity index (χ4v) is 15.5. The van der Waals surface area contributed by atoms with Crippen molar-refractivity contribution in [3.8, 4) is 11.8 Å². The number of nitriles is 1. The molecule has 137 heavy (non-hydrogen) atoms. The molecule has 0 aliphatic carbocycles. The van der Waals surface area contributed by atoms with Gasteiger partial charge in [0.05, 0.1) is 184 Å². The van der Waals surface area contributed by atoms with Crippen LogP contribution in [0.3, 0.4) is 0 Å². The van der Waals surface area contributed by atoms with Crippen LogP contribution in [0.1, 0.15) is 78.1 Å². The van der Waals surface area contributed by atoms with E-state index in [9.17, 15) is 110 Å². The molecule has 4 fully saturated rings. The van der Waals surface area contributed by atoms with Gasteiger partial charge in [-0.05, 0) is 58.4 Å². The molecule has 5 rings (SSSR count). The fourth-order valence-electron chi connectivity index (χ4n) is 13.9. The average Bonchev–Trinajstić information content (AvgIpc) is 0.821. The van der Waals surface area contributed by atoms with Crippen molar-refractivity contribution in [2.24, 2.45) is 5.73 Å². The monoisotopic (exact) mass is 1990 g/mol. The number of nitrogens with one attached hydrogen (secondary N) is 8. The molecule has 1 aromatic rings. The minimum absolute atomic E-state index is 0.00548. The first-order chi connectivity index (χ1) is 65.6. The number of aliphatic hydroxyl groups excluding tert-OH is 12. The van der Waals surface area contributed by atoms with Gasteiger partial charge < -0.3 is 204 Å². The first kappa shape index (κ1) is 120. The Bertz CT molecular complexity index is 3620. The van der Waals surface area contributed by atoms with Gasteiger partial charge >= 0.3 is 8.53 Å². The summed E-state index contributed by atoms with van der Waals surface area (Å²) in [4.78, 5) is 138. The van der Waals surface area contributed by atoms with Gasteiger partial charge in [-0.25, -0.2) is 4.67 Å². The van der Waals surface area contributed by atoms with Crippen molar-refractivity contribution in [2.75, 3.05) is 218 Å². The first-order valence-corrected chi connectivity index (χ1v) is 46.2. The Hall–Kier alpha value is -7.60. The Morgan fingerprint density at radius 1 is 0.423 bits per heavy atom. The molecule has 10 amide bonds. The molecular weight excluding hydrogens is 1850 g/mol. The van der Waals surface area contributed by atoms with Crippen LogP contribution in [0.15, 0.2) is 24.3 Å². The van der Waals surface area contributed by atoms with Gasteiger partial charge in [0.2, 0.25) is 53.2 Å². The standard InChI is InChI=1S/C83H142N13O40P/c1-49(2)96(50(3)4)137(131-20-8-15-84)136-55-11-9-54(10-12-55)78(117)93-56(79(118)95(43-63(106)88-18-23-121-25-29-123-33-37-127-80-66(85)74(113)70(109)57(45-97)132-80)44-64(107)89-19-24-122-28-32-126-36-40-130-83-69(92-53(7)103)77(116)73(112)60(48-100)135-83)13-14-65(108)94(41-61(104)86-16-21-119-26-30-124-34-38-128-81-67(90-51(5)101)75(114)71(110)58(46-98)133-81)42-62(105)87-17-22-120-27-31-125-35-39-129-82-68(91-52(6)102)76(115)72(111)59(47-99)134-82/h9-12,49-50,56-60,66-77,80-83,97-100,109-116H,8,13-14,16-48,85H2,1-7H3,(H,86,104)(H,87,105)(H,88,106)(H,89,107)(H,90,101)(H,91,102)(H,92,103)(H,93,117). The molecule has 4 aliphatic rings. The summed E-state index contributed by atoms with van der Waals surface area (Å²) in [6, 6.07) is 1.01. The number of benzene rings is 1. The molecule has 1 aromatic carbocycles. The Balaban J connectivity index is 1.33. The van der Waals surface area contributed by atoms with Crippen LogP contribution in [-0.4, -0.2) is 493 Å². The van der Waals surface area contributed by atoms with Crippen molar-refractivity contribution in [1.29, 1.82) is 5.26 Å². The zero-order valence-corrected chi connectivity index (χ0v) is 79.0. The van der Waals surface area contributed by atoms with Crippen molar-refractivity contribution in [1.82, 2.24) is 57.0 Å². The first-order valence-electron chi connectivity index (χ1n) is 45.1.